The third kappa shape index (κ3) is 5.19. The van der Waals surface area contributed by atoms with Gasteiger partial charge in [0.1, 0.15) is 24.9 Å². The van der Waals surface area contributed by atoms with Crippen LogP contribution >= 0.6 is 11.6 Å². The zero-order valence-electron chi connectivity index (χ0n) is 19.1. The number of halogens is 1. The van der Waals surface area contributed by atoms with E-state index in [1.807, 2.05) is 49.4 Å². The maximum absolute atomic E-state index is 13.3. The number of aliphatic imine (C=N–C) groups is 1. The van der Waals surface area contributed by atoms with Gasteiger partial charge >= 0.3 is 5.97 Å². The van der Waals surface area contributed by atoms with Crippen molar-refractivity contribution < 1.29 is 19.1 Å². The zero-order chi connectivity index (χ0) is 23.6. The van der Waals surface area contributed by atoms with Gasteiger partial charge in [-0.2, -0.15) is 0 Å². The Morgan fingerprint density at radius 3 is 2.45 bits per heavy atom. The second kappa shape index (κ2) is 9.52. The molecule has 0 bridgehead atoms. The molecule has 0 fully saturated rings. The standard InChI is InChI=1S/C27H28ClNO4/c1-17-23(26(31)33-14-13-32-20-7-5-4-6-8-20)24(18-9-11-19(28)12-10-18)25-21(29-17)15-27(2,3)16-22(25)30/h4-12,23-24H,13-16H2,1-3H3/t23?,24-/m0/s1. The monoisotopic (exact) mass is 465 g/mol. The van der Waals surface area contributed by atoms with Crippen LogP contribution in [0.15, 0.2) is 70.9 Å². The van der Waals surface area contributed by atoms with Crippen LogP contribution in [-0.2, 0) is 14.3 Å². The summed E-state index contributed by atoms with van der Waals surface area (Å²) in [7, 11) is 0. The number of carbonyl (C=O) groups is 2. The number of ketones is 1. The summed E-state index contributed by atoms with van der Waals surface area (Å²) < 4.78 is 11.2. The van der Waals surface area contributed by atoms with Gasteiger partial charge in [0.25, 0.3) is 0 Å². The van der Waals surface area contributed by atoms with Crippen molar-refractivity contribution in [1.82, 2.24) is 0 Å². The van der Waals surface area contributed by atoms with Crippen LogP contribution in [0.5, 0.6) is 5.75 Å². The molecule has 6 heteroatoms. The lowest BCUT2D eigenvalue weighted by Crippen LogP contribution is -2.39. The predicted octanol–water partition coefficient (Wildman–Crippen LogP) is 5.78. The number of carbonyl (C=O) groups excluding carboxylic acids is 2. The summed E-state index contributed by atoms with van der Waals surface area (Å²) in [5.41, 5.74) is 2.77. The molecule has 33 heavy (non-hydrogen) atoms. The van der Waals surface area contributed by atoms with Gasteiger partial charge in [-0.05, 0) is 48.6 Å². The molecule has 0 aromatic heterocycles. The smallest absolute Gasteiger partial charge is 0.315 e. The Balaban J connectivity index is 1.58. The van der Waals surface area contributed by atoms with Crippen LogP contribution in [0.1, 0.15) is 45.1 Å². The van der Waals surface area contributed by atoms with E-state index in [0.717, 1.165) is 11.3 Å². The molecule has 2 atom stereocenters. The summed E-state index contributed by atoms with van der Waals surface area (Å²) in [4.78, 5) is 31.3. The highest BCUT2D eigenvalue weighted by Crippen LogP contribution is 2.48. The van der Waals surface area contributed by atoms with E-state index in [1.165, 1.54) is 0 Å². The average molecular weight is 466 g/mol. The van der Waals surface area contributed by atoms with Gasteiger partial charge < -0.3 is 9.47 Å². The third-order valence-corrected chi connectivity index (χ3v) is 6.38. The second-order valence-electron chi connectivity index (χ2n) is 9.39. The molecule has 0 saturated carbocycles. The number of ether oxygens (including phenoxy) is 2. The fourth-order valence-electron chi connectivity index (χ4n) is 4.69. The van der Waals surface area contributed by atoms with E-state index in [2.05, 4.69) is 13.8 Å². The summed E-state index contributed by atoms with van der Waals surface area (Å²) in [6.07, 6.45) is 1.12. The molecule has 5 nitrogen and oxygen atoms in total. The maximum atomic E-state index is 13.3. The molecule has 1 heterocycles. The number of para-hydroxylation sites is 1. The van der Waals surface area contributed by atoms with E-state index in [-0.39, 0.29) is 24.4 Å². The number of rotatable bonds is 6. The van der Waals surface area contributed by atoms with Gasteiger partial charge in [-0.15, -0.1) is 0 Å². The Morgan fingerprint density at radius 2 is 1.76 bits per heavy atom. The fraction of sp³-hybridized carbons (Fsp3) is 0.370. The number of allylic oxidation sites excluding steroid dienone is 2. The third-order valence-electron chi connectivity index (χ3n) is 6.12. The molecule has 2 aromatic rings. The average Bonchev–Trinajstić information content (AvgIpc) is 2.76. The highest BCUT2D eigenvalue weighted by atomic mass is 35.5. The van der Waals surface area contributed by atoms with Crippen LogP contribution < -0.4 is 4.74 Å². The van der Waals surface area contributed by atoms with E-state index in [9.17, 15) is 9.59 Å². The molecule has 0 amide bonds. The Bertz CT molecular complexity index is 1100. The van der Waals surface area contributed by atoms with Crippen molar-refractivity contribution in [3.63, 3.8) is 0 Å². The number of hydrogen-bond acceptors (Lipinski definition) is 5. The first-order valence-corrected chi connectivity index (χ1v) is 11.5. The molecular formula is C27H28ClNO4. The summed E-state index contributed by atoms with van der Waals surface area (Å²) >= 11 is 6.11. The van der Waals surface area contributed by atoms with Crippen LogP contribution in [0.4, 0.5) is 0 Å². The Labute approximate surface area is 199 Å². The van der Waals surface area contributed by atoms with Crippen molar-refractivity contribution in [3.8, 4) is 5.75 Å². The Kier molecular flexibility index (Phi) is 6.71. The largest absolute Gasteiger partial charge is 0.490 e. The molecule has 1 unspecified atom stereocenters. The minimum absolute atomic E-state index is 0.0441. The number of nitrogens with zero attached hydrogens (tertiary/aromatic N) is 1. The first-order chi connectivity index (χ1) is 15.7. The van der Waals surface area contributed by atoms with Crippen LogP contribution in [-0.4, -0.2) is 30.7 Å². The van der Waals surface area contributed by atoms with Gasteiger partial charge in [-0.3, -0.25) is 14.6 Å². The second-order valence-corrected chi connectivity index (χ2v) is 9.83. The van der Waals surface area contributed by atoms with Gasteiger partial charge in [0, 0.05) is 34.3 Å². The van der Waals surface area contributed by atoms with Gasteiger partial charge in [0.2, 0.25) is 0 Å². The zero-order valence-corrected chi connectivity index (χ0v) is 19.9. The van der Waals surface area contributed by atoms with Crippen molar-refractivity contribution >= 4 is 29.1 Å². The molecule has 0 spiro atoms. The van der Waals surface area contributed by atoms with Crippen molar-refractivity contribution in [2.45, 2.75) is 39.5 Å². The van der Waals surface area contributed by atoms with E-state index in [1.54, 1.807) is 12.1 Å². The fourth-order valence-corrected chi connectivity index (χ4v) is 4.81. The first-order valence-electron chi connectivity index (χ1n) is 11.2. The molecule has 0 saturated heterocycles. The minimum Gasteiger partial charge on any atom is -0.490 e. The van der Waals surface area contributed by atoms with Crippen molar-refractivity contribution in [3.05, 3.63) is 76.5 Å². The SMILES string of the molecule is CC1=NC2=C(C(=O)CC(C)(C)C2)[C@@H](c2ccc(Cl)cc2)C1C(=O)OCCOc1ccccc1. The number of Topliss-reactive ketones (excluding diaryl/α,β-unsaturated/α-hetero) is 1. The Hall–Kier alpha value is -2.92. The molecule has 4 rings (SSSR count). The molecule has 172 valence electrons. The van der Waals surface area contributed by atoms with E-state index < -0.39 is 17.8 Å². The van der Waals surface area contributed by atoms with Gasteiger partial charge in [0.15, 0.2) is 5.78 Å². The van der Waals surface area contributed by atoms with E-state index >= 15 is 0 Å². The minimum atomic E-state index is -0.674. The van der Waals surface area contributed by atoms with Gasteiger partial charge in [-0.1, -0.05) is 55.8 Å². The highest BCUT2D eigenvalue weighted by Gasteiger charge is 2.46. The first kappa shape index (κ1) is 23.2. The Morgan fingerprint density at radius 1 is 1.06 bits per heavy atom. The van der Waals surface area contributed by atoms with Crippen LogP contribution in [0.2, 0.25) is 5.02 Å². The summed E-state index contributed by atoms with van der Waals surface area (Å²) in [6.45, 7) is 6.34. The quantitative estimate of drug-likeness (QED) is 0.400. The normalized spacial score (nSPS) is 21.8. The van der Waals surface area contributed by atoms with E-state index in [4.69, 9.17) is 26.1 Å². The molecule has 0 N–H and O–H groups in total. The topological polar surface area (TPSA) is 65.0 Å². The molecule has 2 aromatic carbocycles. The molecule has 2 aliphatic rings. The lowest BCUT2D eigenvalue weighted by molar-refractivity contribution is -0.147. The number of benzene rings is 2. The van der Waals surface area contributed by atoms with Crippen LogP contribution in [0.3, 0.4) is 0 Å². The molecule has 1 aliphatic heterocycles. The molecule has 0 radical (unpaired) electrons. The summed E-state index contributed by atoms with van der Waals surface area (Å²) in [5.74, 6) is -0.763. The van der Waals surface area contributed by atoms with E-state index in [0.29, 0.717) is 34.9 Å². The number of hydrogen-bond donors (Lipinski definition) is 0. The van der Waals surface area contributed by atoms with Crippen molar-refractivity contribution in [2.75, 3.05) is 13.2 Å². The summed E-state index contributed by atoms with van der Waals surface area (Å²) in [5, 5.41) is 0.599. The van der Waals surface area contributed by atoms with Crippen LogP contribution in [0, 0.1) is 11.3 Å². The molecular weight excluding hydrogens is 438 g/mol. The highest BCUT2D eigenvalue weighted by molar-refractivity contribution is 6.30. The molecule has 1 aliphatic carbocycles. The van der Waals surface area contributed by atoms with Crippen molar-refractivity contribution in [2.24, 2.45) is 16.3 Å². The maximum Gasteiger partial charge on any atom is 0.315 e. The van der Waals surface area contributed by atoms with Gasteiger partial charge in [0.05, 0.1) is 0 Å². The van der Waals surface area contributed by atoms with Crippen molar-refractivity contribution in [1.29, 1.82) is 0 Å². The lowest BCUT2D eigenvalue weighted by atomic mass is 9.67. The lowest BCUT2D eigenvalue weighted by Gasteiger charge is -2.39. The predicted molar refractivity (Wildman–Crippen MR) is 129 cm³/mol. The van der Waals surface area contributed by atoms with Crippen LogP contribution in [0.25, 0.3) is 0 Å². The van der Waals surface area contributed by atoms with Gasteiger partial charge in [-0.25, -0.2) is 0 Å². The number of esters is 1. The summed E-state index contributed by atoms with van der Waals surface area (Å²) in [6, 6.07) is 16.7.